The fraction of sp³-hybridized carbons (Fsp3) is 0.0714. The molecule has 21 heavy (non-hydrogen) atoms. The summed E-state index contributed by atoms with van der Waals surface area (Å²) in [4.78, 5) is 8.92. The summed E-state index contributed by atoms with van der Waals surface area (Å²) in [5.41, 5.74) is 7.12. The van der Waals surface area contributed by atoms with Gasteiger partial charge in [0.25, 0.3) is 0 Å². The summed E-state index contributed by atoms with van der Waals surface area (Å²) in [6.45, 7) is 0. The maximum atomic E-state index is 14.3. The summed E-state index contributed by atoms with van der Waals surface area (Å²) in [6.07, 6.45) is 1.82. The maximum Gasteiger partial charge on any atom is 0.175 e. The lowest BCUT2D eigenvalue weighted by molar-refractivity contribution is 0.607. The van der Waals surface area contributed by atoms with Crippen LogP contribution in [0.15, 0.2) is 41.0 Å². The van der Waals surface area contributed by atoms with E-state index in [-0.39, 0.29) is 12.2 Å². The zero-order chi connectivity index (χ0) is 15.0. The Morgan fingerprint density at radius 2 is 2.14 bits per heavy atom. The number of pyridine rings is 1. The number of benzene rings is 1. The molecule has 0 aliphatic carbocycles. The Balaban J connectivity index is 2.30. The minimum atomic E-state index is -0.447. The van der Waals surface area contributed by atoms with Gasteiger partial charge in [-0.05, 0) is 34.1 Å². The Hall–Kier alpha value is -1.86. The van der Waals surface area contributed by atoms with E-state index in [0.29, 0.717) is 15.3 Å². The average molecular weight is 365 g/mol. The molecule has 2 aromatic heterocycles. The zero-order valence-corrected chi connectivity index (χ0v) is 13.2. The van der Waals surface area contributed by atoms with E-state index < -0.39 is 5.82 Å². The van der Waals surface area contributed by atoms with Crippen molar-refractivity contribution in [3.63, 3.8) is 0 Å². The van der Waals surface area contributed by atoms with Crippen LogP contribution in [0.3, 0.4) is 0 Å². The molecular weight excluding hydrogens is 355 g/mol. The van der Waals surface area contributed by atoms with Crippen LogP contribution in [0.25, 0.3) is 16.9 Å². The molecule has 0 radical (unpaired) electrons. The molecule has 0 aliphatic rings. The standard InChI is InChI=1S/C14H10BrFN4S/c15-8-5-9(16)14(18-7-8)20-11-4-2-1-3-10(11)19-13(20)6-12(17)21/h1-5,7H,6H2,(H2,17,21). The van der Waals surface area contributed by atoms with Gasteiger partial charge in [-0.15, -0.1) is 0 Å². The van der Waals surface area contributed by atoms with E-state index in [4.69, 9.17) is 18.0 Å². The molecular formula is C14H10BrFN4S. The molecule has 0 unspecified atom stereocenters. The highest BCUT2D eigenvalue weighted by molar-refractivity contribution is 9.10. The molecule has 1 aromatic carbocycles. The van der Waals surface area contributed by atoms with Crippen LogP contribution in [-0.2, 0) is 6.42 Å². The van der Waals surface area contributed by atoms with E-state index in [0.717, 1.165) is 11.0 Å². The molecule has 0 bridgehead atoms. The quantitative estimate of drug-likeness (QED) is 0.725. The third kappa shape index (κ3) is 2.66. The van der Waals surface area contributed by atoms with Gasteiger partial charge >= 0.3 is 0 Å². The Morgan fingerprint density at radius 1 is 1.38 bits per heavy atom. The van der Waals surface area contributed by atoms with E-state index in [1.165, 1.54) is 12.3 Å². The molecule has 3 aromatic rings. The summed E-state index contributed by atoms with van der Waals surface area (Å²) in [6, 6.07) is 8.80. The van der Waals surface area contributed by atoms with Gasteiger partial charge in [0, 0.05) is 10.7 Å². The van der Waals surface area contributed by atoms with Crippen LogP contribution in [0.2, 0.25) is 0 Å². The smallest absolute Gasteiger partial charge is 0.175 e. The number of para-hydroxylation sites is 2. The molecule has 106 valence electrons. The highest BCUT2D eigenvalue weighted by atomic mass is 79.9. The van der Waals surface area contributed by atoms with Crippen LogP contribution >= 0.6 is 28.1 Å². The van der Waals surface area contributed by atoms with Crippen LogP contribution in [0.1, 0.15) is 5.82 Å². The number of thiocarbonyl (C=S) groups is 1. The van der Waals surface area contributed by atoms with E-state index in [1.807, 2.05) is 24.3 Å². The van der Waals surface area contributed by atoms with Gasteiger partial charge in [-0.3, -0.25) is 4.57 Å². The van der Waals surface area contributed by atoms with Gasteiger partial charge in [0.15, 0.2) is 11.6 Å². The number of nitrogens with two attached hydrogens (primary N) is 1. The molecule has 0 saturated carbocycles. The molecule has 0 spiro atoms. The molecule has 3 rings (SSSR count). The van der Waals surface area contributed by atoms with Crippen molar-refractivity contribution >= 4 is 44.2 Å². The fourth-order valence-electron chi connectivity index (χ4n) is 2.16. The number of fused-ring (bicyclic) bond motifs is 1. The van der Waals surface area contributed by atoms with Crippen molar-refractivity contribution in [1.82, 2.24) is 14.5 Å². The predicted molar refractivity (Wildman–Crippen MR) is 87.0 cm³/mol. The van der Waals surface area contributed by atoms with E-state index >= 15 is 0 Å². The maximum absolute atomic E-state index is 14.3. The van der Waals surface area contributed by atoms with Crippen LogP contribution in [0.5, 0.6) is 0 Å². The summed E-state index contributed by atoms with van der Waals surface area (Å²) < 4.78 is 16.5. The van der Waals surface area contributed by atoms with Crippen molar-refractivity contribution in [3.05, 3.63) is 52.6 Å². The lowest BCUT2D eigenvalue weighted by Gasteiger charge is -2.09. The lowest BCUT2D eigenvalue weighted by Crippen LogP contribution is -2.15. The van der Waals surface area contributed by atoms with Gasteiger partial charge in [-0.2, -0.15) is 0 Å². The van der Waals surface area contributed by atoms with Crippen molar-refractivity contribution in [1.29, 1.82) is 0 Å². The third-order valence-electron chi connectivity index (χ3n) is 2.96. The SMILES string of the molecule is NC(=S)Cc1nc2ccccc2n1-c1ncc(Br)cc1F. The van der Waals surface area contributed by atoms with E-state index in [9.17, 15) is 4.39 Å². The molecule has 0 amide bonds. The molecule has 7 heteroatoms. The van der Waals surface area contributed by atoms with Crippen molar-refractivity contribution in [2.45, 2.75) is 6.42 Å². The van der Waals surface area contributed by atoms with Gasteiger partial charge in [0.1, 0.15) is 5.82 Å². The molecule has 4 nitrogen and oxygen atoms in total. The summed E-state index contributed by atoms with van der Waals surface area (Å²) >= 11 is 8.15. The van der Waals surface area contributed by atoms with Crippen molar-refractivity contribution in [2.75, 3.05) is 0 Å². The molecule has 0 atom stereocenters. The third-order valence-corrected chi connectivity index (χ3v) is 3.54. The molecule has 2 heterocycles. The first-order valence-electron chi connectivity index (χ1n) is 6.12. The molecule has 2 N–H and O–H groups in total. The van der Waals surface area contributed by atoms with Gasteiger partial charge in [0.2, 0.25) is 0 Å². The number of hydrogen-bond acceptors (Lipinski definition) is 3. The second-order valence-electron chi connectivity index (χ2n) is 4.45. The Morgan fingerprint density at radius 3 is 2.86 bits per heavy atom. The molecule has 0 aliphatic heterocycles. The lowest BCUT2D eigenvalue weighted by atomic mass is 10.3. The number of halogens is 2. The first-order valence-corrected chi connectivity index (χ1v) is 7.32. The van der Waals surface area contributed by atoms with E-state index in [2.05, 4.69) is 25.9 Å². The van der Waals surface area contributed by atoms with E-state index in [1.54, 1.807) is 4.57 Å². The minimum absolute atomic E-state index is 0.179. The molecule has 0 saturated heterocycles. The van der Waals surface area contributed by atoms with Crippen LogP contribution in [0.4, 0.5) is 4.39 Å². The second-order valence-corrected chi connectivity index (χ2v) is 5.89. The average Bonchev–Trinajstić information content (AvgIpc) is 2.76. The summed E-state index contributed by atoms with van der Waals surface area (Å²) in [7, 11) is 0. The number of hydrogen-bond donors (Lipinski definition) is 1. The van der Waals surface area contributed by atoms with Crippen molar-refractivity contribution in [2.24, 2.45) is 5.73 Å². The van der Waals surface area contributed by atoms with Gasteiger partial charge < -0.3 is 5.73 Å². The Bertz CT molecular complexity index is 846. The van der Waals surface area contributed by atoms with Crippen molar-refractivity contribution < 1.29 is 4.39 Å². The largest absolute Gasteiger partial charge is 0.393 e. The Kier molecular flexibility index (Phi) is 3.69. The predicted octanol–water partition coefficient (Wildman–Crippen LogP) is 3.15. The van der Waals surface area contributed by atoms with Crippen LogP contribution < -0.4 is 5.73 Å². The van der Waals surface area contributed by atoms with Gasteiger partial charge in [0.05, 0.1) is 22.4 Å². The zero-order valence-electron chi connectivity index (χ0n) is 10.8. The number of rotatable bonds is 3. The number of imidazole rings is 1. The second kappa shape index (κ2) is 5.50. The number of aromatic nitrogens is 3. The monoisotopic (exact) mass is 364 g/mol. The van der Waals surface area contributed by atoms with Gasteiger partial charge in [-0.1, -0.05) is 24.4 Å². The van der Waals surface area contributed by atoms with Crippen LogP contribution in [0, 0.1) is 5.82 Å². The highest BCUT2D eigenvalue weighted by Gasteiger charge is 2.17. The molecule has 0 fully saturated rings. The minimum Gasteiger partial charge on any atom is -0.393 e. The number of nitrogens with zero attached hydrogens (tertiary/aromatic N) is 3. The fourth-order valence-corrected chi connectivity index (χ4v) is 2.59. The first kappa shape index (κ1) is 14.1. The van der Waals surface area contributed by atoms with Gasteiger partial charge in [-0.25, -0.2) is 14.4 Å². The Labute approximate surface area is 133 Å². The normalized spacial score (nSPS) is 11.0. The summed E-state index contributed by atoms with van der Waals surface area (Å²) in [5, 5.41) is 0. The topological polar surface area (TPSA) is 56.7 Å². The van der Waals surface area contributed by atoms with Crippen LogP contribution in [-0.4, -0.2) is 19.5 Å². The highest BCUT2D eigenvalue weighted by Crippen LogP contribution is 2.23. The van der Waals surface area contributed by atoms with Crippen molar-refractivity contribution in [3.8, 4) is 5.82 Å². The summed E-state index contributed by atoms with van der Waals surface area (Å²) in [5.74, 6) is 0.298. The first-order chi connectivity index (χ1) is 10.1.